The Hall–Kier alpha value is -1.46. The molecule has 5 heteroatoms. The molecule has 0 atom stereocenters. The Morgan fingerprint density at radius 1 is 1.41 bits per heavy atom. The monoisotopic (exact) mass is 248 g/mol. The molecule has 0 radical (unpaired) electrons. The van der Waals surface area contributed by atoms with Crippen molar-refractivity contribution in [1.82, 2.24) is 15.3 Å². The molecule has 2 aromatic rings. The van der Waals surface area contributed by atoms with Crippen LogP contribution in [0.2, 0.25) is 0 Å². The summed E-state index contributed by atoms with van der Waals surface area (Å²) in [6.07, 6.45) is 1.80. The zero-order valence-corrected chi connectivity index (χ0v) is 11.1. The van der Waals surface area contributed by atoms with Gasteiger partial charge in [0.1, 0.15) is 11.6 Å². The molecule has 0 aliphatic rings. The number of hydrogen-bond donors (Lipinski definition) is 1. The van der Waals surface area contributed by atoms with Crippen molar-refractivity contribution >= 4 is 22.2 Å². The molecule has 2 rings (SSSR count). The van der Waals surface area contributed by atoms with E-state index < -0.39 is 0 Å². The number of rotatable bonds is 4. The van der Waals surface area contributed by atoms with Gasteiger partial charge in [-0.1, -0.05) is 0 Å². The van der Waals surface area contributed by atoms with E-state index in [9.17, 15) is 0 Å². The quantitative estimate of drug-likeness (QED) is 0.901. The lowest BCUT2D eigenvalue weighted by molar-refractivity contribution is 0.757. The molecule has 0 amide bonds. The van der Waals surface area contributed by atoms with Crippen LogP contribution in [0.5, 0.6) is 0 Å². The maximum Gasteiger partial charge on any atom is 0.144 e. The molecule has 0 spiro atoms. The van der Waals surface area contributed by atoms with Crippen LogP contribution in [0.4, 0.5) is 10.8 Å². The van der Waals surface area contributed by atoms with Crippen LogP contribution in [-0.4, -0.2) is 24.1 Å². The van der Waals surface area contributed by atoms with E-state index in [0.717, 1.165) is 11.6 Å². The van der Waals surface area contributed by atoms with Crippen LogP contribution in [0.15, 0.2) is 23.7 Å². The van der Waals surface area contributed by atoms with E-state index in [-0.39, 0.29) is 0 Å². The predicted octanol–water partition coefficient (Wildman–Crippen LogP) is 2.33. The summed E-state index contributed by atoms with van der Waals surface area (Å²) >= 11 is 1.72. The summed E-state index contributed by atoms with van der Waals surface area (Å²) < 4.78 is 0. The maximum atomic E-state index is 4.52. The summed E-state index contributed by atoms with van der Waals surface area (Å²) in [6, 6.07) is 4.05. The van der Waals surface area contributed by atoms with Gasteiger partial charge in [0.05, 0.1) is 11.5 Å². The Morgan fingerprint density at radius 3 is 2.88 bits per heavy atom. The van der Waals surface area contributed by atoms with Gasteiger partial charge in [-0.05, 0) is 37.0 Å². The van der Waals surface area contributed by atoms with Crippen molar-refractivity contribution in [2.24, 2.45) is 0 Å². The molecule has 0 saturated carbocycles. The van der Waals surface area contributed by atoms with Crippen molar-refractivity contribution in [2.45, 2.75) is 13.5 Å². The third-order valence-corrected chi connectivity index (χ3v) is 3.60. The Balaban J connectivity index is 2.28. The number of thiophene rings is 1. The highest BCUT2D eigenvalue weighted by molar-refractivity contribution is 7.14. The molecule has 2 aromatic heterocycles. The van der Waals surface area contributed by atoms with Gasteiger partial charge in [0.15, 0.2) is 0 Å². The van der Waals surface area contributed by atoms with Crippen molar-refractivity contribution < 1.29 is 0 Å². The topological polar surface area (TPSA) is 41.1 Å². The highest BCUT2D eigenvalue weighted by Gasteiger charge is 2.10. The van der Waals surface area contributed by atoms with Gasteiger partial charge < -0.3 is 10.2 Å². The summed E-state index contributed by atoms with van der Waals surface area (Å²) in [5, 5.41) is 6.37. The summed E-state index contributed by atoms with van der Waals surface area (Å²) in [5.41, 5.74) is 1.27. The van der Waals surface area contributed by atoms with Gasteiger partial charge in [-0.25, -0.2) is 9.97 Å². The van der Waals surface area contributed by atoms with Gasteiger partial charge in [0, 0.05) is 13.2 Å². The molecule has 4 nitrogen and oxygen atoms in total. The van der Waals surface area contributed by atoms with Crippen molar-refractivity contribution in [3.8, 4) is 0 Å². The third-order valence-electron chi connectivity index (χ3n) is 2.51. The largest absolute Gasteiger partial charge is 0.321 e. The summed E-state index contributed by atoms with van der Waals surface area (Å²) in [5.74, 6) is 1.74. The van der Waals surface area contributed by atoms with Crippen molar-refractivity contribution in [1.29, 1.82) is 0 Å². The van der Waals surface area contributed by atoms with E-state index in [1.54, 1.807) is 17.5 Å². The predicted molar refractivity (Wildman–Crippen MR) is 71.9 cm³/mol. The number of aromatic nitrogens is 2. The number of hydrogen-bond acceptors (Lipinski definition) is 5. The van der Waals surface area contributed by atoms with Crippen LogP contribution >= 0.6 is 11.3 Å². The summed E-state index contributed by atoms with van der Waals surface area (Å²) in [6.45, 7) is 2.79. The van der Waals surface area contributed by atoms with Crippen molar-refractivity contribution in [3.63, 3.8) is 0 Å². The van der Waals surface area contributed by atoms with Crippen LogP contribution in [0.1, 0.15) is 11.4 Å². The fraction of sp³-hybridized carbons (Fsp3) is 0.333. The molecule has 0 saturated heterocycles. The molecule has 0 bridgehead atoms. The first-order valence-corrected chi connectivity index (χ1v) is 6.34. The fourth-order valence-corrected chi connectivity index (χ4v) is 2.54. The number of anilines is 2. The third kappa shape index (κ3) is 2.62. The van der Waals surface area contributed by atoms with Gasteiger partial charge in [-0.15, -0.1) is 11.3 Å². The molecular weight excluding hydrogens is 232 g/mol. The minimum absolute atomic E-state index is 0.686. The van der Waals surface area contributed by atoms with E-state index in [1.165, 1.54) is 10.6 Å². The zero-order chi connectivity index (χ0) is 12.3. The Morgan fingerprint density at radius 2 is 2.24 bits per heavy atom. The van der Waals surface area contributed by atoms with Gasteiger partial charge in [-0.2, -0.15) is 0 Å². The first-order chi connectivity index (χ1) is 8.22. The highest BCUT2D eigenvalue weighted by Crippen LogP contribution is 2.30. The molecule has 0 fully saturated rings. The van der Waals surface area contributed by atoms with E-state index >= 15 is 0 Å². The minimum Gasteiger partial charge on any atom is -0.321 e. The first-order valence-electron chi connectivity index (χ1n) is 5.46. The van der Waals surface area contributed by atoms with Crippen LogP contribution in [-0.2, 0) is 6.54 Å². The molecule has 0 aromatic carbocycles. The molecule has 2 heterocycles. The molecular formula is C12H16N4S. The SMILES string of the molecule is CNCc1nccc(N(C)c2sccc2C)n1. The summed E-state index contributed by atoms with van der Waals surface area (Å²) in [4.78, 5) is 10.8. The van der Waals surface area contributed by atoms with Gasteiger partial charge in [0.2, 0.25) is 0 Å². The minimum atomic E-state index is 0.686. The smallest absolute Gasteiger partial charge is 0.144 e. The zero-order valence-electron chi connectivity index (χ0n) is 10.3. The number of aryl methyl sites for hydroxylation is 1. The summed E-state index contributed by atoms with van der Waals surface area (Å²) in [7, 11) is 3.92. The van der Waals surface area contributed by atoms with Gasteiger partial charge in [0.25, 0.3) is 0 Å². The van der Waals surface area contributed by atoms with Gasteiger partial charge >= 0.3 is 0 Å². The van der Waals surface area contributed by atoms with E-state index in [0.29, 0.717) is 6.54 Å². The second-order valence-electron chi connectivity index (χ2n) is 3.83. The standard InChI is InChI=1S/C12H16N4S/c1-9-5-7-17-12(9)16(3)11-4-6-14-10(15-11)8-13-2/h4-7,13H,8H2,1-3H3. The molecule has 0 unspecified atom stereocenters. The Bertz CT molecular complexity index is 495. The van der Waals surface area contributed by atoms with Crippen molar-refractivity contribution in [3.05, 3.63) is 35.1 Å². The maximum absolute atomic E-state index is 4.52. The second-order valence-corrected chi connectivity index (χ2v) is 4.72. The second kappa shape index (κ2) is 5.25. The molecule has 17 heavy (non-hydrogen) atoms. The molecule has 0 aliphatic heterocycles. The van der Waals surface area contributed by atoms with E-state index in [2.05, 4.69) is 38.6 Å². The lowest BCUT2D eigenvalue weighted by Gasteiger charge is -2.17. The van der Waals surface area contributed by atoms with Gasteiger partial charge in [-0.3, -0.25) is 0 Å². The van der Waals surface area contributed by atoms with Crippen LogP contribution in [0, 0.1) is 6.92 Å². The molecule has 90 valence electrons. The average Bonchev–Trinajstić information content (AvgIpc) is 2.75. The first kappa shape index (κ1) is 12.0. The number of nitrogens with zero attached hydrogens (tertiary/aromatic N) is 3. The van der Waals surface area contributed by atoms with Crippen LogP contribution in [0.25, 0.3) is 0 Å². The lowest BCUT2D eigenvalue weighted by Crippen LogP contribution is -2.14. The fourth-order valence-electron chi connectivity index (χ4n) is 1.63. The lowest BCUT2D eigenvalue weighted by atomic mass is 10.3. The Labute approximate surface area is 105 Å². The number of nitrogens with one attached hydrogen (secondary N) is 1. The normalized spacial score (nSPS) is 10.5. The molecule has 1 N–H and O–H groups in total. The highest BCUT2D eigenvalue weighted by atomic mass is 32.1. The van der Waals surface area contributed by atoms with Crippen LogP contribution in [0.3, 0.4) is 0 Å². The molecule has 0 aliphatic carbocycles. The Kier molecular flexibility index (Phi) is 3.71. The average molecular weight is 248 g/mol. The van der Waals surface area contributed by atoms with E-state index in [1.807, 2.05) is 20.2 Å². The van der Waals surface area contributed by atoms with Crippen molar-refractivity contribution in [2.75, 3.05) is 19.0 Å². The van der Waals surface area contributed by atoms with Crippen LogP contribution < -0.4 is 10.2 Å². The van der Waals surface area contributed by atoms with E-state index in [4.69, 9.17) is 0 Å².